The first-order valence-electron chi connectivity index (χ1n) is 2.45. The van der Waals surface area contributed by atoms with E-state index in [2.05, 4.69) is 25.5 Å². The minimum absolute atomic E-state index is 0.810. The van der Waals surface area contributed by atoms with Crippen molar-refractivity contribution in [3.05, 3.63) is 18.6 Å². The van der Waals surface area contributed by atoms with E-state index in [0.717, 1.165) is 5.92 Å². The summed E-state index contributed by atoms with van der Waals surface area (Å²) in [4.78, 5) is 0. The molecule has 1 radical (unpaired) electrons. The van der Waals surface area contributed by atoms with Gasteiger partial charge in [0.15, 0.2) is 0 Å². The smallest absolute Gasteiger partial charge is 0.0102 e. The van der Waals surface area contributed by atoms with Gasteiger partial charge in [0.05, 0.1) is 0 Å². The zero-order valence-electron chi connectivity index (χ0n) is 4.02. The first-order chi connectivity index (χ1) is 2.93. The van der Waals surface area contributed by atoms with Crippen molar-refractivity contribution < 1.29 is 0 Å². The van der Waals surface area contributed by atoms with Gasteiger partial charge in [0.25, 0.3) is 0 Å². The van der Waals surface area contributed by atoms with E-state index in [9.17, 15) is 0 Å². The monoisotopic (exact) mass is 81.1 g/mol. The molecule has 0 fully saturated rings. The Morgan fingerprint density at radius 1 is 1.67 bits per heavy atom. The van der Waals surface area contributed by atoms with Gasteiger partial charge in [-0.3, -0.25) is 0 Å². The van der Waals surface area contributed by atoms with Crippen LogP contribution in [0.1, 0.15) is 13.3 Å². The van der Waals surface area contributed by atoms with Crippen LogP contribution in [0.15, 0.2) is 12.2 Å². The molecule has 0 heterocycles. The first-order valence-corrected chi connectivity index (χ1v) is 2.45. The Morgan fingerprint density at radius 2 is 2.33 bits per heavy atom. The third-order valence-electron chi connectivity index (χ3n) is 1.19. The summed E-state index contributed by atoms with van der Waals surface area (Å²) in [5, 5.41) is 0. The van der Waals surface area contributed by atoms with E-state index in [1.165, 1.54) is 6.42 Å². The predicted molar refractivity (Wildman–Crippen MR) is 27.2 cm³/mol. The van der Waals surface area contributed by atoms with Gasteiger partial charge in [-0.05, 0) is 18.8 Å². The van der Waals surface area contributed by atoms with Crippen LogP contribution in [0.25, 0.3) is 0 Å². The van der Waals surface area contributed by atoms with E-state index >= 15 is 0 Å². The van der Waals surface area contributed by atoms with E-state index in [-0.39, 0.29) is 0 Å². The van der Waals surface area contributed by atoms with Gasteiger partial charge in [0.2, 0.25) is 0 Å². The van der Waals surface area contributed by atoms with Gasteiger partial charge >= 0.3 is 0 Å². The van der Waals surface area contributed by atoms with Crippen molar-refractivity contribution in [3.8, 4) is 0 Å². The molecule has 33 valence electrons. The average molecular weight is 81.1 g/mol. The van der Waals surface area contributed by atoms with E-state index in [4.69, 9.17) is 0 Å². The standard InChI is InChI=1S/C6H9/c1-2-6-4-3-5-6/h3-6H,2H2,1H3. The van der Waals surface area contributed by atoms with Crippen molar-refractivity contribution in [2.24, 2.45) is 5.92 Å². The average Bonchev–Trinajstić information content (AvgIpc) is 1.31. The second kappa shape index (κ2) is 1.46. The summed E-state index contributed by atoms with van der Waals surface area (Å²) in [7, 11) is 0. The van der Waals surface area contributed by atoms with Gasteiger partial charge in [-0.25, -0.2) is 0 Å². The fraction of sp³-hybridized carbons (Fsp3) is 0.500. The number of hydrogen-bond donors (Lipinski definition) is 0. The second-order valence-corrected chi connectivity index (χ2v) is 1.65. The molecule has 0 heteroatoms. The van der Waals surface area contributed by atoms with Crippen molar-refractivity contribution in [2.75, 3.05) is 0 Å². The molecule has 0 N–H and O–H groups in total. The fourth-order valence-electron chi connectivity index (χ4n) is 0.540. The molecule has 1 unspecified atom stereocenters. The largest absolute Gasteiger partial charge is 0.0845 e. The molecule has 0 amide bonds. The highest BCUT2D eigenvalue weighted by molar-refractivity contribution is 5.15. The molecule has 6 heavy (non-hydrogen) atoms. The van der Waals surface area contributed by atoms with Crippen LogP contribution in [0.4, 0.5) is 0 Å². The van der Waals surface area contributed by atoms with Crippen LogP contribution in [0.3, 0.4) is 0 Å². The van der Waals surface area contributed by atoms with E-state index in [1.807, 2.05) is 0 Å². The molecule has 0 saturated carbocycles. The summed E-state index contributed by atoms with van der Waals surface area (Å²) in [6, 6.07) is 0. The van der Waals surface area contributed by atoms with Gasteiger partial charge in [-0.2, -0.15) is 0 Å². The Labute approximate surface area is 38.9 Å². The van der Waals surface area contributed by atoms with Crippen LogP contribution >= 0.6 is 0 Å². The van der Waals surface area contributed by atoms with Crippen LogP contribution in [-0.4, -0.2) is 0 Å². The van der Waals surface area contributed by atoms with Crippen LogP contribution < -0.4 is 0 Å². The summed E-state index contributed by atoms with van der Waals surface area (Å²) < 4.78 is 0. The molecule has 1 rings (SSSR count). The molecule has 1 aliphatic rings. The Kier molecular flexibility index (Phi) is 0.952. The van der Waals surface area contributed by atoms with Crippen LogP contribution in [0.5, 0.6) is 0 Å². The first kappa shape index (κ1) is 3.91. The maximum Gasteiger partial charge on any atom is -0.0102 e. The van der Waals surface area contributed by atoms with Crippen LogP contribution in [0, 0.1) is 12.3 Å². The summed E-state index contributed by atoms with van der Waals surface area (Å²) in [6.45, 7) is 2.20. The predicted octanol–water partition coefficient (Wildman–Crippen LogP) is 1.79. The minimum atomic E-state index is 0.810. The highest BCUT2D eigenvalue weighted by Crippen LogP contribution is 2.17. The normalized spacial score (nSPS) is 29.8. The van der Waals surface area contributed by atoms with Crippen molar-refractivity contribution in [1.82, 2.24) is 0 Å². The lowest BCUT2D eigenvalue weighted by atomic mass is 9.93. The lowest BCUT2D eigenvalue weighted by molar-refractivity contribution is 0.700. The number of allylic oxidation sites excluding steroid dienone is 2. The molecule has 0 aromatic carbocycles. The molecule has 1 atom stereocenters. The summed E-state index contributed by atoms with van der Waals surface area (Å²) in [5.41, 5.74) is 0. The fourth-order valence-corrected chi connectivity index (χ4v) is 0.540. The molecular weight excluding hydrogens is 72.1 g/mol. The van der Waals surface area contributed by atoms with Crippen molar-refractivity contribution in [1.29, 1.82) is 0 Å². The SMILES string of the molecule is CCC1[CH]C=C1. The highest BCUT2D eigenvalue weighted by Gasteiger charge is 2.04. The Balaban J connectivity index is 2.21. The van der Waals surface area contributed by atoms with Crippen molar-refractivity contribution >= 4 is 0 Å². The van der Waals surface area contributed by atoms with Crippen molar-refractivity contribution in [2.45, 2.75) is 13.3 Å². The Hall–Kier alpha value is -0.260. The molecule has 0 aliphatic heterocycles. The Morgan fingerprint density at radius 3 is 2.33 bits per heavy atom. The molecule has 0 aromatic rings. The number of rotatable bonds is 1. The maximum absolute atomic E-state index is 2.22. The zero-order chi connectivity index (χ0) is 4.41. The highest BCUT2D eigenvalue weighted by atomic mass is 14.1. The molecule has 0 saturated heterocycles. The third kappa shape index (κ3) is 0.469. The molecule has 0 bridgehead atoms. The summed E-state index contributed by atoms with van der Waals surface area (Å²) in [5.74, 6) is 0.810. The molecule has 1 aliphatic carbocycles. The maximum atomic E-state index is 2.22. The molecule has 0 spiro atoms. The number of hydrogen-bond acceptors (Lipinski definition) is 0. The van der Waals surface area contributed by atoms with Crippen molar-refractivity contribution in [3.63, 3.8) is 0 Å². The summed E-state index contributed by atoms with van der Waals surface area (Å²) in [6.07, 6.45) is 7.82. The minimum Gasteiger partial charge on any atom is -0.0845 e. The quantitative estimate of drug-likeness (QED) is 0.451. The van der Waals surface area contributed by atoms with Gasteiger partial charge in [-0.15, -0.1) is 0 Å². The second-order valence-electron chi connectivity index (χ2n) is 1.65. The van der Waals surface area contributed by atoms with Gasteiger partial charge in [-0.1, -0.05) is 19.1 Å². The Bertz CT molecular complexity index is 62.4. The van der Waals surface area contributed by atoms with Gasteiger partial charge in [0.1, 0.15) is 0 Å². The molecule has 0 nitrogen and oxygen atoms in total. The summed E-state index contributed by atoms with van der Waals surface area (Å²) >= 11 is 0. The zero-order valence-corrected chi connectivity index (χ0v) is 4.02. The lowest BCUT2D eigenvalue weighted by Crippen LogP contribution is -2.00. The van der Waals surface area contributed by atoms with Gasteiger partial charge in [0, 0.05) is 0 Å². The lowest BCUT2D eigenvalue weighted by Gasteiger charge is -2.12. The molecule has 0 aromatic heterocycles. The van der Waals surface area contributed by atoms with Crippen LogP contribution in [-0.2, 0) is 0 Å². The topological polar surface area (TPSA) is 0 Å². The van der Waals surface area contributed by atoms with E-state index in [1.54, 1.807) is 0 Å². The van der Waals surface area contributed by atoms with Crippen LogP contribution in [0.2, 0.25) is 0 Å². The molecular formula is C6H9. The van der Waals surface area contributed by atoms with E-state index < -0.39 is 0 Å². The van der Waals surface area contributed by atoms with E-state index in [0.29, 0.717) is 0 Å². The third-order valence-corrected chi connectivity index (χ3v) is 1.19. The van der Waals surface area contributed by atoms with Gasteiger partial charge < -0.3 is 0 Å².